The zero-order chi connectivity index (χ0) is 17.3. The zero-order valence-corrected chi connectivity index (χ0v) is 13.7. The van der Waals surface area contributed by atoms with E-state index in [2.05, 4.69) is 0 Å². The molecule has 0 N–H and O–H groups in total. The summed E-state index contributed by atoms with van der Waals surface area (Å²) >= 11 is 0. The van der Waals surface area contributed by atoms with Crippen LogP contribution in [0.25, 0.3) is 0 Å². The van der Waals surface area contributed by atoms with Crippen LogP contribution in [-0.2, 0) is 15.1 Å². The summed E-state index contributed by atoms with van der Waals surface area (Å²) in [5, 5.41) is 0. The summed E-state index contributed by atoms with van der Waals surface area (Å²) in [5.41, 5.74) is -2.90. The Hall–Kier alpha value is -1.98. The maximum atomic E-state index is 14.3. The van der Waals surface area contributed by atoms with E-state index in [1.54, 1.807) is 20.8 Å². The van der Waals surface area contributed by atoms with Gasteiger partial charge in [-0.15, -0.1) is 0 Å². The molecule has 0 saturated carbocycles. The van der Waals surface area contributed by atoms with E-state index in [-0.39, 0.29) is 5.56 Å². The van der Waals surface area contributed by atoms with Crippen molar-refractivity contribution in [3.8, 4) is 0 Å². The van der Waals surface area contributed by atoms with Gasteiger partial charge in [-0.05, 0) is 46.2 Å². The van der Waals surface area contributed by atoms with Crippen molar-refractivity contribution in [2.75, 3.05) is 7.05 Å². The van der Waals surface area contributed by atoms with Gasteiger partial charge in [-0.1, -0.05) is 6.07 Å². The van der Waals surface area contributed by atoms with Gasteiger partial charge in [0.1, 0.15) is 29.1 Å². The topological polar surface area (TPSA) is 46.6 Å². The summed E-state index contributed by atoms with van der Waals surface area (Å²) in [4.78, 5) is 24.6. The Labute approximate surface area is 129 Å². The number of amides is 1. The van der Waals surface area contributed by atoms with E-state index in [1.807, 2.05) is 0 Å². The number of hydrogen-bond donors (Lipinski definition) is 0. The van der Waals surface area contributed by atoms with E-state index in [0.29, 0.717) is 6.29 Å². The number of aldehydes is 1. The molecular formula is C16H21F2NO3. The van der Waals surface area contributed by atoms with Gasteiger partial charge in [0.05, 0.1) is 5.56 Å². The summed E-state index contributed by atoms with van der Waals surface area (Å²) in [6.07, 6.45) is -0.514. The van der Waals surface area contributed by atoms with Crippen LogP contribution in [0, 0.1) is 18.6 Å². The third-order valence-corrected chi connectivity index (χ3v) is 3.38. The molecule has 1 aromatic rings. The van der Waals surface area contributed by atoms with Crippen LogP contribution in [0.4, 0.5) is 13.6 Å². The third kappa shape index (κ3) is 3.43. The number of likely N-dealkylation sites (N-methyl/N-ethyl adjacent to an activating group) is 1. The fourth-order valence-electron chi connectivity index (χ4n) is 1.95. The van der Waals surface area contributed by atoms with Gasteiger partial charge in [0.15, 0.2) is 0 Å². The molecule has 1 unspecified atom stereocenters. The smallest absolute Gasteiger partial charge is 0.411 e. The molecule has 0 aliphatic rings. The predicted octanol–water partition coefficient (Wildman–Crippen LogP) is 3.55. The maximum absolute atomic E-state index is 14.3. The lowest BCUT2D eigenvalue weighted by atomic mass is 9.89. The lowest BCUT2D eigenvalue weighted by Crippen LogP contribution is -2.49. The Balaban J connectivity index is 3.36. The van der Waals surface area contributed by atoms with Crippen LogP contribution in [0.3, 0.4) is 0 Å². The quantitative estimate of drug-likeness (QED) is 0.802. The van der Waals surface area contributed by atoms with E-state index in [0.717, 1.165) is 11.0 Å². The zero-order valence-electron chi connectivity index (χ0n) is 13.7. The normalized spacial score (nSPS) is 14.2. The highest BCUT2D eigenvalue weighted by atomic mass is 19.1. The van der Waals surface area contributed by atoms with Gasteiger partial charge in [-0.25, -0.2) is 13.6 Å². The first-order valence-electron chi connectivity index (χ1n) is 6.82. The van der Waals surface area contributed by atoms with E-state index >= 15 is 0 Å². The Morgan fingerprint density at radius 1 is 1.23 bits per heavy atom. The molecule has 1 amide bonds. The fraction of sp³-hybridized carbons (Fsp3) is 0.500. The van der Waals surface area contributed by atoms with Gasteiger partial charge in [-0.2, -0.15) is 0 Å². The first kappa shape index (κ1) is 18.1. The van der Waals surface area contributed by atoms with Crippen LogP contribution in [0.15, 0.2) is 12.1 Å². The molecule has 0 saturated heterocycles. The minimum Gasteiger partial charge on any atom is -0.444 e. The van der Waals surface area contributed by atoms with Crippen molar-refractivity contribution < 1.29 is 23.1 Å². The minimum absolute atomic E-state index is 0.182. The molecule has 0 heterocycles. The van der Waals surface area contributed by atoms with E-state index in [4.69, 9.17) is 4.74 Å². The predicted molar refractivity (Wildman–Crippen MR) is 78.5 cm³/mol. The Bertz CT molecular complexity index is 596. The second kappa shape index (κ2) is 6.02. The van der Waals surface area contributed by atoms with Crippen molar-refractivity contribution >= 4 is 12.4 Å². The van der Waals surface area contributed by atoms with Crippen molar-refractivity contribution in [2.24, 2.45) is 0 Å². The number of ether oxygens (including phenoxy) is 1. The summed E-state index contributed by atoms with van der Waals surface area (Å²) < 4.78 is 33.6. The molecule has 6 heteroatoms. The van der Waals surface area contributed by atoms with Gasteiger partial charge in [-0.3, -0.25) is 4.90 Å². The fourth-order valence-corrected chi connectivity index (χ4v) is 1.95. The van der Waals surface area contributed by atoms with Gasteiger partial charge in [0.25, 0.3) is 0 Å². The summed E-state index contributed by atoms with van der Waals surface area (Å²) in [6.45, 7) is 7.70. The Morgan fingerprint density at radius 3 is 2.23 bits per heavy atom. The average Bonchev–Trinajstić information content (AvgIpc) is 2.40. The molecule has 0 aliphatic carbocycles. The molecule has 122 valence electrons. The highest BCUT2D eigenvalue weighted by Crippen LogP contribution is 2.32. The number of carbonyl (C=O) groups excluding carboxylic acids is 2. The summed E-state index contributed by atoms with van der Waals surface area (Å²) in [6, 6.07) is 2.34. The van der Waals surface area contributed by atoms with E-state index in [9.17, 15) is 18.4 Å². The number of nitrogens with zero attached hydrogens (tertiary/aromatic N) is 1. The van der Waals surface area contributed by atoms with Crippen LogP contribution in [0.1, 0.15) is 38.8 Å². The number of hydrogen-bond acceptors (Lipinski definition) is 3. The van der Waals surface area contributed by atoms with Crippen molar-refractivity contribution in [3.63, 3.8) is 0 Å². The highest BCUT2D eigenvalue weighted by Gasteiger charge is 2.41. The molecule has 0 spiro atoms. The average molecular weight is 313 g/mol. The van der Waals surface area contributed by atoms with Crippen molar-refractivity contribution in [2.45, 2.75) is 45.8 Å². The summed E-state index contributed by atoms with van der Waals surface area (Å²) in [7, 11) is 1.27. The van der Waals surface area contributed by atoms with Crippen LogP contribution in [-0.4, -0.2) is 29.9 Å². The minimum atomic E-state index is -1.82. The molecule has 0 aliphatic heterocycles. The lowest BCUT2D eigenvalue weighted by Gasteiger charge is -2.36. The van der Waals surface area contributed by atoms with Crippen LogP contribution in [0.5, 0.6) is 0 Å². The second-order valence-electron chi connectivity index (χ2n) is 6.36. The van der Waals surface area contributed by atoms with Crippen LogP contribution >= 0.6 is 0 Å². The third-order valence-electron chi connectivity index (χ3n) is 3.38. The van der Waals surface area contributed by atoms with Gasteiger partial charge in [0, 0.05) is 7.05 Å². The number of halogens is 2. The molecule has 0 bridgehead atoms. The summed E-state index contributed by atoms with van der Waals surface area (Å²) in [5.74, 6) is -1.75. The first-order valence-corrected chi connectivity index (χ1v) is 6.82. The van der Waals surface area contributed by atoms with Gasteiger partial charge < -0.3 is 9.53 Å². The van der Waals surface area contributed by atoms with Gasteiger partial charge >= 0.3 is 6.09 Å². The number of benzene rings is 1. The monoisotopic (exact) mass is 313 g/mol. The maximum Gasteiger partial charge on any atom is 0.411 e. The van der Waals surface area contributed by atoms with Crippen LogP contribution in [0.2, 0.25) is 0 Å². The molecule has 22 heavy (non-hydrogen) atoms. The van der Waals surface area contributed by atoms with Crippen molar-refractivity contribution in [1.82, 2.24) is 4.90 Å². The molecule has 1 aromatic carbocycles. The van der Waals surface area contributed by atoms with E-state index < -0.39 is 34.4 Å². The standard InChI is InChI=1S/C16H21F2NO3/c1-10-7-8-11(17)12(13(10)18)16(5,9-20)19(6)14(21)22-15(2,3)4/h7-9H,1-6H3. The number of rotatable bonds is 3. The molecule has 0 aromatic heterocycles. The van der Waals surface area contributed by atoms with Crippen molar-refractivity contribution in [3.05, 3.63) is 34.9 Å². The number of aryl methyl sites for hydroxylation is 1. The van der Waals surface area contributed by atoms with Crippen molar-refractivity contribution in [1.29, 1.82) is 0 Å². The lowest BCUT2D eigenvalue weighted by molar-refractivity contribution is -0.117. The van der Waals surface area contributed by atoms with Crippen LogP contribution < -0.4 is 0 Å². The molecule has 0 fully saturated rings. The number of carbonyl (C=O) groups is 2. The molecule has 0 radical (unpaired) electrons. The molecule has 4 nitrogen and oxygen atoms in total. The second-order valence-corrected chi connectivity index (χ2v) is 6.36. The molecular weight excluding hydrogens is 292 g/mol. The largest absolute Gasteiger partial charge is 0.444 e. The van der Waals surface area contributed by atoms with E-state index in [1.165, 1.54) is 27.0 Å². The first-order chi connectivity index (χ1) is 9.94. The highest BCUT2D eigenvalue weighted by molar-refractivity contribution is 5.78. The molecule has 1 rings (SSSR count). The SMILES string of the molecule is Cc1ccc(F)c(C(C)(C=O)N(C)C(=O)OC(C)(C)C)c1F. The Morgan fingerprint density at radius 2 is 1.77 bits per heavy atom. The Kier molecular flexibility index (Phi) is 4.95. The molecule has 1 atom stereocenters. The van der Waals surface area contributed by atoms with Gasteiger partial charge in [0.2, 0.25) is 0 Å².